The largest absolute Gasteiger partial charge is 0.366 e. The first-order chi connectivity index (χ1) is 17.9. The van der Waals surface area contributed by atoms with Gasteiger partial charge >= 0.3 is 0 Å². The summed E-state index contributed by atoms with van der Waals surface area (Å²) in [7, 11) is -2.44. The van der Waals surface area contributed by atoms with Crippen LogP contribution in [-0.2, 0) is 21.9 Å². The molecule has 1 aromatic carbocycles. The van der Waals surface area contributed by atoms with E-state index in [1.54, 1.807) is 23.6 Å². The first-order valence-corrected chi connectivity index (χ1v) is 14.1. The minimum atomic E-state index is -4.11. The van der Waals surface area contributed by atoms with Crippen LogP contribution in [0.15, 0.2) is 17.0 Å². The van der Waals surface area contributed by atoms with Gasteiger partial charge in [-0.25, -0.2) is 23.8 Å². The molecule has 1 aliphatic heterocycles. The number of amides is 1. The molecule has 3 aromatic rings. The SMILES string of the molecule is [C-]#[N+]C1(NS(=O)(=O)c2cc(N3CCN(C(=O)C(C)N)CC3)c3c(c2)c(-c2nnc(C(F)F)s2)nn3C)CC1. The molecule has 1 unspecified atom stereocenters. The Balaban J connectivity index is 1.62. The number of aromatic nitrogens is 4. The number of nitrogens with zero attached hydrogens (tertiary/aromatic N) is 7. The van der Waals surface area contributed by atoms with Crippen LogP contribution < -0.4 is 15.4 Å². The second kappa shape index (κ2) is 9.49. The zero-order valence-corrected chi connectivity index (χ0v) is 22.2. The fourth-order valence-corrected chi connectivity index (χ4v) is 6.57. The monoisotopic (exact) mass is 565 g/mol. The number of hydrogen-bond donors (Lipinski definition) is 2. The normalized spacial score (nSPS) is 18.1. The highest BCUT2D eigenvalue weighted by Gasteiger charge is 2.54. The number of sulfonamides is 1. The van der Waals surface area contributed by atoms with Crippen molar-refractivity contribution in [2.75, 3.05) is 31.1 Å². The lowest BCUT2D eigenvalue weighted by atomic mass is 10.1. The molecule has 16 heteroatoms. The van der Waals surface area contributed by atoms with E-state index >= 15 is 0 Å². The molecule has 2 fully saturated rings. The van der Waals surface area contributed by atoms with Crippen LogP contribution in [0, 0.1) is 6.57 Å². The summed E-state index contributed by atoms with van der Waals surface area (Å²) in [6.45, 7) is 10.6. The Morgan fingerprint density at radius 3 is 2.47 bits per heavy atom. The zero-order chi connectivity index (χ0) is 27.4. The molecular formula is C22H25F2N9O3S2. The van der Waals surface area contributed by atoms with Crippen molar-refractivity contribution < 1.29 is 22.0 Å². The number of aryl methyl sites for hydroxylation is 1. The topological polar surface area (TPSA) is 144 Å². The molecule has 1 saturated heterocycles. The molecule has 1 amide bonds. The Labute approximate surface area is 221 Å². The molecule has 2 aliphatic rings. The van der Waals surface area contributed by atoms with E-state index in [-0.39, 0.29) is 21.5 Å². The molecule has 1 saturated carbocycles. The van der Waals surface area contributed by atoms with Gasteiger partial charge in [0.1, 0.15) is 5.69 Å². The summed E-state index contributed by atoms with van der Waals surface area (Å²) in [5, 5.41) is 12.0. The fourth-order valence-electron chi connectivity index (χ4n) is 4.46. The number of rotatable bonds is 7. The van der Waals surface area contributed by atoms with Crippen LogP contribution in [0.4, 0.5) is 14.5 Å². The number of carbonyl (C=O) groups is 1. The summed E-state index contributed by atoms with van der Waals surface area (Å²) in [6.07, 6.45) is -1.97. The third-order valence-corrected chi connectivity index (χ3v) is 9.06. The second-order valence-corrected chi connectivity index (χ2v) is 12.1. The molecule has 3 N–H and O–H groups in total. The van der Waals surface area contributed by atoms with Crippen LogP contribution in [0.25, 0.3) is 26.4 Å². The Bertz CT molecular complexity index is 1550. The van der Waals surface area contributed by atoms with Gasteiger partial charge in [0.05, 0.1) is 35.0 Å². The van der Waals surface area contributed by atoms with E-state index in [1.807, 2.05) is 4.90 Å². The number of nitrogens with two attached hydrogens (primary N) is 1. The molecule has 202 valence electrons. The van der Waals surface area contributed by atoms with Gasteiger partial charge < -0.3 is 15.5 Å². The highest BCUT2D eigenvalue weighted by molar-refractivity contribution is 7.89. The van der Waals surface area contributed by atoms with E-state index in [0.29, 0.717) is 66.9 Å². The number of halogens is 2. The van der Waals surface area contributed by atoms with Crippen molar-refractivity contribution in [2.45, 2.75) is 42.8 Å². The first-order valence-electron chi connectivity index (χ1n) is 11.8. The van der Waals surface area contributed by atoms with Crippen molar-refractivity contribution in [3.8, 4) is 10.7 Å². The van der Waals surface area contributed by atoms with E-state index < -0.39 is 33.2 Å². The Hall–Kier alpha value is -3.26. The van der Waals surface area contributed by atoms with Crippen molar-refractivity contribution in [3.05, 3.63) is 28.6 Å². The first kappa shape index (κ1) is 26.4. The molecular weight excluding hydrogens is 540 g/mol. The number of nitrogens with one attached hydrogen (secondary N) is 1. The maximum absolute atomic E-state index is 13.4. The molecule has 1 aliphatic carbocycles. The van der Waals surface area contributed by atoms with E-state index in [9.17, 15) is 22.0 Å². The van der Waals surface area contributed by atoms with Gasteiger partial charge in [-0.1, -0.05) is 11.3 Å². The van der Waals surface area contributed by atoms with Crippen LogP contribution in [0.5, 0.6) is 0 Å². The Kier molecular flexibility index (Phi) is 6.58. The smallest absolute Gasteiger partial charge is 0.299 e. The van der Waals surface area contributed by atoms with Crippen LogP contribution in [-0.4, -0.2) is 77.1 Å². The number of alkyl halides is 2. The number of hydrogen-bond acceptors (Lipinski definition) is 9. The van der Waals surface area contributed by atoms with Crippen LogP contribution in [0.2, 0.25) is 0 Å². The van der Waals surface area contributed by atoms with Crippen molar-refractivity contribution in [2.24, 2.45) is 12.8 Å². The molecule has 5 rings (SSSR count). The summed E-state index contributed by atoms with van der Waals surface area (Å²) < 4.78 is 57.3. The molecule has 0 spiro atoms. The average molecular weight is 566 g/mol. The summed E-state index contributed by atoms with van der Waals surface area (Å²) in [5.41, 5.74) is 5.95. The summed E-state index contributed by atoms with van der Waals surface area (Å²) in [6, 6.07) is 2.31. The average Bonchev–Trinajstić information content (AvgIpc) is 3.31. The van der Waals surface area contributed by atoms with Crippen molar-refractivity contribution in [1.29, 1.82) is 0 Å². The van der Waals surface area contributed by atoms with Gasteiger partial charge in [0.25, 0.3) is 12.1 Å². The van der Waals surface area contributed by atoms with Gasteiger partial charge in [0, 0.05) is 38.6 Å². The molecule has 2 aromatic heterocycles. The predicted molar refractivity (Wildman–Crippen MR) is 136 cm³/mol. The Morgan fingerprint density at radius 1 is 1.24 bits per heavy atom. The molecule has 1 atom stereocenters. The predicted octanol–water partition coefficient (Wildman–Crippen LogP) is 1.71. The van der Waals surface area contributed by atoms with Gasteiger partial charge in [0.2, 0.25) is 15.9 Å². The molecule has 0 bridgehead atoms. The highest BCUT2D eigenvalue weighted by atomic mass is 32.2. The summed E-state index contributed by atoms with van der Waals surface area (Å²) in [4.78, 5) is 19.3. The van der Waals surface area contributed by atoms with E-state index in [4.69, 9.17) is 12.3 Å². The van der Waals surface area contributed by atoms with Gasteiger partial charge in [-0.15, -0.1) is 14.9 Å². The quantitative estimate of drug-likeness (QED) is 0.412. The standard InChI is InChI=1S/C22H25F2N9O3S2/c1-12(25)21(34)33-8-6-32(7-9-33)15-11-13(38(35,36)30-22(26-2)4-5-22)10-14-16(29-31(3)17(14)15)19-27-28-20(37-19)18(23)24/h10-12,18,30H,4-9,25H2,1,3H3. The number of anilines is 1. The summed E-state index contributed by atoms with van der Waals surface area (Å²) >= 11 is 0.684. The highest BCUT2D eigenvalue weighted by Crippen LogP contribution is 2.41. The zero-order valence-electron chi connectivity index (χ0n) is 20.6. The second-order valence-electron chi connectivity index (χ2n) is 9.41. The lowest BCUT2D eigenvalue weighted by molar-refractivity contribution is -0.132. The van der Waals surface area contributed by atoms with Crippen molar-refractivity contribution >= 4 is 43.9 Å². The third-order valence-electron chi connectivity index (χ3n) is 6.62. The minimum absolute atomic E-state index is 0.0862. The lowest BCUT2D eigenvalue weighted by Gasteiger charge is -2.37. The van der Waals surface area contributed by atoms with Crippen molar-refractivity contribution in [1.82, 2.24) is 29.6 Å². The van der Waals surface area contributed by atoms with Gasteiger partial charge in [0.15, 0.2) is 10.0 Å². The minimum Gasteiger partial charge on any atom is -0.366 e. The van der Waals surface area contributed by atoms with Crippen LogP contribution in [0.1, 0.15) is 31.2 Å². The van der Waals surface area contributed by atoms with E-state index in [0.717, 1.165) is 0 Å². The third kappa shape index (κ3) is 4.70. The molecule has 3 heterocycles. The molecule has 38 heavy (non-hydrogen) atoms. The number of carbonyl (C=O) groups excluding carboxylic acids is 1. The van der Waals surface area contributed by atoms with Gasteiger partial charge in [-0.05, 0) is 19.1 Å². The summed E-state index contributed by atoms with van der Waals surface area (Å²) in [5.74, 6) is -0.168. The molecule has 0 radical (unpaired) electrons. The van der Waals surface area contributed by atoms with Crippen LogP contribution >= 0.6 is 11.3 Å². The number of fused-ring (bicyclic) bond motifs is 1. The van der Waals surface area contributed by atoms with E-state index in [1.165, 1.54) is 12.1 Å². The van der Waals surface area contributed by atoms with Gasteiger partial charge in [-0.3, -0.25) is 14.3 Å². The maximum Gasteiger partial charge on any atom is 0.299 e. The maximum atomic E-state index is 13.4. The van der Waals surface area contributed by atoms with Gasteiger partial charge in [-0.2, -0.15) is 5.10 Å². The van der Waals surface area contributed by atoms with Crippen molar-refractivity contribution in [3.63, 3.8) is 0 Å². The fraction of sp³-hybridized carbons (Fsp3) is 0.500. The Morgan fingerprint density at radius 2 is 1.92 bits per heavy atom. The number of benzene rings is 1. The lowest BCUT2D eigenvalue weighted by Crippen LogP contribution is -2.52. The molecule has 12 nitrogen and oxygen atoms in total. The number of piperazine rings is 1. The van der Waals surface area contributed by atoms with Crippen LogP contribution in [0.3, 0.4) is 0 Å². The van der Waals surface area contributed by atoms with E-state index in [2.05, 4.69) is 24.9 Å².